The van der Waals surface area contributed by atoms with Gasteiger partial charge in [-0.25, -0.2) is 17.6 Å². The Bertz CT molecular complexity index is 602. The molecule has 0 aliphatic rings. The van der Waals surface area contributed by atoms with Crippen molar-refractivity contribution < 1.29 is 17.6 Å². The summed E-state index contributed by atoms with van der Waals surface area (Å²) in [5.41, 5.74) is 0.556. The maximum Gasteiger partial charge on any atom is 0.133 e. The van der Waals surface area contributed by atoms with E-state index in [0.717, 1.165) is 0 Å². The lowest BCUT2D eigenvalue weighted by molar-refractivity contribution is 0.527. The van der Waals surface area contributed by atoms with Crippen molar-refractivity contribution in [2.45, 2.75) is 11.8 Å². The van der Waals surface area contributed by atoms with Crippen molar-refractivity contribution in [2.24, 2.45) is 0 Å². The minimum absolute atomic E-state index is 0.299. The second-order valence-corrected chi connectivity index (χ2v) is 5.07. The van der Waals surface area contributed by atoms with E-state index in [1.807, 2.05) is 0 Å². The molecule has 0 fully saturated rings. The Labute approximate surface area is 116 Å². The summed E-state index contributed by atoms with van der Waals surface area (Å²) in [5, 5.41) is 0. The Morgan fingerprint density at radius 2 is 1.47 bits per heavy atom. The Morgan fingerprint density at radius 3 is 2.00 bits per heavy atom. The van der Waals surface area contributed by atoms with Crippen LogP contribution in [-0.4, -0.2) is 0 Å². The summed E-state index contributed by atoms with van der Waals surface area (Å²) in [6.45, 7) is 1.55. The second-order valence-electron chi connectivity index (χ2n) is 4.15. The van der Waals surface area contributed by atoms with E-state index in [1.165, 1.54) is 18.2 Å². The van der Waals surface area contributed by atoms with Crippen molar-refractivity contribution in [3.05, 3.63) is 70.3 Å². The maximum atomic E-state index is 13.6. The molecular weight excluding hydrogens is 324 g/mol. The zero-order chi connectivity index (χ0) is 14.2. The van der Waals surface area contributed by atoms with Gasteiger partial charge in [0, 0.05) is 17.7 Å². The molecule has 2 aromatic carbocycles. The van der Waals surface area contributed by atoms with Crippen molar-refractivity contribution in [2.75, 3.05) is 0 Å². The summed E-state index contributed by atoms with van der Waals surface area (Å²) in [5.74, 6) is -3.35. The molecule has 0 aliphatic heterocycles. The molecule has 0 spiro atoms. The average Bonchev–Trinajstić information content (AvgIpc) is 2.31. The molecule has 0 saturated carbocycles. The first kappa shape index (κ1) is 14.1. The summed E-state index contributed by atoms with van der Waals surface area (Å²) in [7, 11) is 0. The zero-order valence-electron chi connectivity index (χ0n) is 9.85. The number of alkyl halides is 1. The van der Waals surface area contributed by atoms with Crippen molar-refractivity contribution >= 4 is 15.9 Å². The fourth-order valence-corrected chi connectivity index (χ4v) is 2.51. The van der Waals surface area contributed by atoms with E-state index in [-0.39, 0.29) is 5.56 Å². The highest BCUT2D eigenvalue weighted by Crippen LogP contribution is 2.35. The molecule has 100 valence electrons. The van der Waals surface area contributed by atoms with Crippen LogP contribution in [0.15, 0.2) is 30.3 Å². The third kappa shape index (κ3) is 2.81. The third-order valence-corrected chi connectivity index (χ3v) is 3.76. The lowest BCUT2D eigenvalue weighted by Gasteiger charge is -2.14. The van der Waals surface area contributed by atoms with E-state index in [9.17, 15) is 17.6 Å². The van der Waals surface area contributed by atoms with E-state index in [1.54, 1.807) is 6.92 Å². The summed E-state index contributed by atoms with van der Waals surface area (Å²) < 4.78 is 53.3. The highest BCUT2D eigenvalue weighted by molar-refractivity contribution is 9.09. The van der Waals surface area contributed by atoms with Crippen molar-refractivity contribution in [1.82, 2.24) is 0 Å². The minimum atomic E-state index is -0.985. The number of hydrogen-bond acceptors (Lipinski definition) is 0. The number of benzene rings is 2. The maximum absolute atomic E-state index is 13.6. The summed E-state index contributed by atoms with van der Waals surface area (Å²) in [6, 6.07) is 5.35. The Balaban J connectivity index is 2.49. The van der Waals surface area contributed by atoms with Gasteiger partial charge in [0.05, 0.1) is 4.83 Å². The lowest BCUT2D eigenvalue weighted by Crippen LogP contribution is -2.02. The Kier molecular flexibility index (Phi) is 3.94. The molecule has 0 N–H and O–H groups in total. The predicted octanol–water partition coefficient (Wildman–Crippen LogP) is 5.04. The van der Waals surface area contributed by atoms with Crippen molar-refractivity contribution in [1.29, 1.82) is 0 Å². The molecular formula is C14H9BrF4. The number of halogens is 5. The lowest BCUT2D eigenvalue weighted by atomic mass is 10.0. The monoisotopic (exact) mass is 332 g/mol. The fraction of sp³-hybridized carbons (Fsp3) is 0.143. The van der Waals surface area contributed by atoms with Gasteiger partial charge >= 0.3 is 0 Å². The molecule has 0 saturated heterocycles. The minimum Gasteiger partial charge on any atom is -0.207 e. The van der Waals surface area contributed by atoms with Gasteiger partial charge in [-0.15, -0.1) is 0 Å². The van der Waals surface area contributed by atoms with Crippen LogP contribution in [-0.2, 0) is 0 Å². The molecule has 1 unspecified atom stereocenters. The molecule has 2 rings (SSSR count). The van der Waals surface area contributed by atoms with Crippen LogP contribution < -0.4 is 0 Å². The number of hydrogen-bond donors (Lipinski definition) is 0. The molecule has 2 aromatic rings. The summed E-state index contributed by atoms with van der Waals surface area (Å²) in [6.07, 6.45) is 0. The van der Waals surface area contributed by atoms with Gasteiger partial charge in [-0.1, -0.05) is 28.1 Å². The second kappa shape index (κ2) is 5.33. The first-order valence-corrected chi connectivity index (χ1v) is 6.36. The van der Waals surface area contributed by atoms with Gasteiger partial charge in [0.15, 0.2) is 0 Å². The van der Waals surface area contributed by atoms with Gasteiger partial charge in [0.1, 0.15) is 23.3 Å². The molecule has 0 aromatic heterocycles. The molecule has 0 amide bonds. The Morgan fingerprint density at radius 1 is 0.895 bits per heavy atom. The molecule has 0 aliphatic carbocycles. The molecule has 1 atom stereocenters. The number of rotatable bonds is 2. The van der Waals surface area contributed by atoms with E-state index in [2.05, 4.69) is 15.9 Å². The number of aryl methyl sites for hydroxylation is 1. The summed E-state index contributed by atoms with van der Waals surface area (Å²) >= 11 is 3.15. The summed E-state index contributed by atoms with van der Waals surface area (Å²) in [4.78, 5) is -0.813. The highest BCUT2D eigenvalue weighted by Gasteiger charge is 2.21. The smallest absolute Gasteiger partial charge is 0.133 e. The third-order valence-electron chi connectivity index (χ3n) is 2.77. The Hall–Kier alpha value is -1.36. The SMILES string of the molecule is Cc1cc(C(Br)c2c(F)cc(F)cc2F)ccc1F. The fourth-order valence-electron chi connectivity index (χ4n) is 1.79. The topological polar surface area (TPSA) is 0 Å². The van der Waals surface area contributed by atoms with Crippen molar-refractivity contribution in [3.63, 3.8) is 0 Å². The van der Waals surface area contributed by atoms with E-state index >= 15 is 0 Å². The van der Waals surface area contributed by atoms with Crippen LogP contribution in [0.3, 0.4) is 0 Å². The van der Waals surface area contributed by atoms with Gasteiger partial charge < -0.3 is 0 Å². The van der Waals surface area contributed by atoms with Crippen LogP contribution in [0.25, 0.3) is 0 Å². The highest BCUT2D eigenvalue weighted by atomic mass is 79.9. The van der Waals surface area contributed by atoms with Crippen LogP contribution in [0.1, 0.15) is 21.5 Å². The van der Waals surface area contributed by atoms with E-state index < -0.39 is 28.1 Å². The van der Waals surface area contributed by atoms with Crippen LogP contribution >= 0.6 is 15.9 Å². The molecule has 0 bridgehead atoms. The van der Waals surface area contributed by atoms with Gasteiger partial charge in [-0.3, -0.25) is 0 Å². The van der Waals surface area contributed by atoms with E-state index in [4.69, 9.17) is 0 Å². The molecule has 0 nitrogen and oxygen atoms in total. The molecule has 0 heterocycles. The van der Waals surface area contributed by atoms with Crippen LogP contribution in [0.5, 0.6) is 0 Å². The van der Waals surface area contributed by atoms with E-state index in [0.29, 0.717) is 23.3 Å². The first-order valence-electron chi connectivity index (χ1n) is 5.44. The van der Waals surface area contributed by atoms with Crippen LogP contribution in [0, 0.1) is 30.2 Å². The zero-order valence-corrected chi connectivity index (χ0v) is 11.4. The van der Waals surface area contributed by atoms with Gasteiger partial charge in [-0.2, -0.15) is 0 Å². The molecule has 5 heteroatoms. The largest absolute Gasteiger partial charge is 0.207 e. The van der Waals surface area contributed by atoms with Crippen LogP contribution in [0.2, 0.25) is 0 Å². The van der Waals surface area contributed by atoms with Crippen LogP contribution in [0.4, 0.5) is 17.6 Å². The molecule has 19 heavy (non-hydrogen) atoms. The van der Waals surface area contributed by atoms with Gasteiger partial charge in [-0.05, 0) is 24.1 Å². The average molecular weight is 333 g/mol. The van der Waals surface area contributed by atoms with Gasteiger partial charge in [0.2, 0.25) is 0 Å². The predicted molar refractivity (Wildman–Crippen MR) is 68.2 cm³/mol. The quantitative estimate of drug-likeness (QED) is 0.534. The standard InChI is InChI=1S/C14H9BrF4/c1-7-4-8(2-3-10(7)17)14(15)13-11(18)5-9(16)6-12(13)19/h2-6,14H,1H3. The first-order chi connectivity index (χ1) is 8.90. The normalized spacial score (nSPS) is 12.5. The van der Waals surface area contributed by atoms with Crippen molar-refractivity contribution in [3.8, 4) is 0 Å². The molecule has 0 radical (unpaired) electrons. The van der Waals surface area contributed by atoms with Gasteiger partial charge in [0.25, 0.3) is 0 Å².